The van der Waals surface area contributed by atoms with Gasteiger partial charge in [0, 0.05) is 11.1 Å². The minimum atomic E-state index is -0.744. The van der Waals surface area contributed by atoms with Crippen molar-refractivity contribution in [1.29, 1.82) is 0 Å². The molecule has 0 aliphatic heterocycles. The van der Waals surface area contributed by atoms with E-state index >= 15 is 0 Å². The zero-order valence-electron chi connectivity index (χ0n) is 8.68. The van der Waals surface area contributed by atoms with Crippen LogP contribution in [0.1, 0.15) is 15.2 Å². The fourth-order valence-corrected chi connectivity index (χ4v) is 1.86. The van der Waals surface area contributed by atoms with Gasteiger partial charge in [-0.1, -0.05) is 6.07 Å². The van der Waals surface area contributed by atoms with E-state index in [4.69, 9.17) is 0 Å². The van der Waals surface area contributed by atoms with Crippen LogP contribution in [0.4, 0.5) is 4.39 Å². The van der Waals surface area contributed by atoms with E-state index in [1.807, 2.05) is 0 Å². The van der Waals surface area contributed by atoms with Crippen molar-refractivity contribution in [3.8, 4) is 5.75 Å². The van der Waals surface area contributed by atoms with Crippen LogP contribution in [0.3, 0.4) is 0 Å². The summed E-state index contributed by atoms with van der Waals surface area (Å²) in [5.41, 5.74) is 1.30. The lowest BCUT2D eigenvalue weighted by molar-refractivity contribution is 0.0944. The van der Waals surface area contributed by atoms with E-state index in [1.54, 1.807) is 11.7 Å². The van der Waals surface area contributed by atoms with Crippen LogP contribution in [-0.4, -0.2) is 16.0 Å². The molecule has 2 N–H and O–H groups in total. The number of halogens is 1. The van der Waals surface area contributed by atoms with Gasteiger partial charge in [0.25, 0.3) is 5.91 Å². The second-order valence-corrected chi connectivity index (χ2v) is 4.26. The maximum atomic E-state index is 13.3. The Hall–Kier alpha value is -1.95. The van der Waals surface area contributed by atoms with Crippen molar-refractivity contribution in [3.05, 3.63) is 46.2 Å². The number of nitrogens with one attached hydrogen (secondary N) is 1. The van der Waals surface area contributed by atoms with Crippen LogP contribution in [0, 0.1) is 5.82 Å². The van der Waals surface area contributed by atoms with E-state index in [2.05, 4.69) is 10.3 Å². The number of carbonyl (C=O) groups is 1. The molecule has 6 heteroatoms. The summed E-state index contributed by atoms with van der Waals surface area (Å²) in [4.78, 5) is 16.4. The van der Waals surface area contributed by atoms with Crippen LogP contribution in [0.2, 0.25) is 0 Å². The average molecular weight is 252 g/mol. The lowest BCUT2D eigenvalue weighted by Crippen LogP contribution is -2.23. The summed E-state index contributed by atoms with van der Waals surface area (Å²) in [6.07, 6.45) is 1.62. The predicted molar refractivity (Wildman–Crippen MR) is 61.3 cm³/mol. The minimum Gasteiger partial charge on any atom is -0.507 e. The third-order valence-corrected chi connectivity index (χ3v) is 2.90. The van der Waals surface area contributed by atoms with Gasteiger partial charge in [-0.05, 0) is 12.1 Å². The van der Waals surface area contributed by atoms with Crippen LogP contribution in [-0.2, 0) is 6.54 Å². The second kappa shape index (κ2) is 4.92. The monoisotopic (exact) mass is 252 g/mol. The van der Waals surface area contributed by atoms with E-state index in [0.717, 1.165) is 10.9 Å². The first kappa shape index (κ1) is 11.5. The number of phenolic OH excluding ortho intramolecular Hbond substituents is 1. The maximum Gasteiger partial charge on any atom is 0.258 e. The van der Waals surface area contributed by atoms with Crippen LogP contribution in [0.25, 0.3) is 0 Å². The molecule has 0 saturated carbocycles. The van der Waals surface area contributed by atoms with Gasteiger partial charge >= 0.3 is 0 Å². The molecule has 0 spiro atoms. The Balaban J connectivity index is 2.10. The van der Waals surface area contributed by atoms with Crippen molar-refractivity contribution in [2.75, 3.05) is 0 Å². The Bertz CT molecular complexity index is 508. The molecule has 88 valence electrons. The van der Waals surface area contributed by atoms with Crippen molar-refractivity contribution in [2.45, 2.75) is 6.54 Å². The normalized spacial score (nSPS) is 10.2. The number of carbonyl (C=O) groups excluding carboxylic acids is 1. The number of thiazole rings is 1. The molecule has 1 aromatic heterocycles. The highest BCUT2D eigenvalue weighted by atomic mass is 32.1. The fourth-order valence-electron chi connectivity index (χ4n) is 1.32. The Morgan fingerprint density at radius 2 is 2.35 bits per heavy atom. The number of hydrogen-bond donors (Lipinski definition) is 2. The summed E-state index contributed by atoms with van der Waals surface area (Å²) < 4.78 is 13.3. The van der Waals surface area contributed by atoms with Gasteiger partial charge in [-0.25, -0.2) is 4.39 Å². The van der Waals surface area contributed by atoms with Gasteiger partial charge < -0.3 is 10.4 Å². The number of phenols is 1. The molecule has 0 fully saturated rings. The van der Waals surface area contributed by atoms with E-state index in [-0.39, 0.29) is 17.9 Å². The van der Waals surface area contributed by atoms with Gasteiger partial charge in [0.15, 0.2) is 0 Å². The van der Waals surface area contributed by atoms with E-state index < -0.39 is 11.7 Å². The standard InChI is InChI=1S/C11H9FN2O2S/c12-8-2-1-3-9(15)10(8)11(16)14-5-7-4-13-6-17-7/h1-4,6,15H,5H2,(H,14,16). The Labute approximate surface area is 101 Å². The molecule has 2 rings (SSSR count). The molecule has 0 saturated heterocycles. The van der Waals surface area contributed by atoms with Gasteiger partial charge in [0.1, 0.15) is 17.1 Å². The molecule has 1 heterocycles. The number of hydrogen-bond acceptors (Lipinski definition) is 4. The van der Waals surface area contributed by atoms with Crippen LogP contribution < -0.4 is 5.32 Å². The first-order chi connectivity index (χ1) is 8.18. The lowest BCUT2D eigenvalue weighted by Gasteiger charge is -2.06. The molecule has 0 unspecified atom stereocenters. The molecule has 4 nitrogen and oxygen atoms in total. The number of amides is 1. The highest BCUT2D eigenvalue weighted by Crippen LogP contribution is 2.19. The second-order valence-electron chi connectivity index (χ2n) is 3.28. The molecule has 0 radical (unpaired) electrons. The Morgan fingerprint density at radius 1 is 1.53 bits per heavy atom. The van der Waals surface area contributed by atoms with Gasteiger partial charge in [-0.2, -0.15) is 0 Å². The third kappa shape index (κ3) is 2.59. The topological polar surface area (TPSA) is 62.2 Å². The molecule has 2 aromatic rings. The summed E-state index contributed by atoms with van der Waals surface area (Å²) in [6.45, 7) is 0.261. The van der Waals surface area contributed by atoms with Crippen molar-refractivity contribution >= 4 is 17.2 Å². The summed E-state index contributed by atoms with van der Waals surface area (Å²) >= 11 is 1.39. The van der Waals surface area contributed by atoms with Crippen molar-refractivity contribution in [3.63, 3.8) is 0 Å². The first-order valence-electron chi connectivity index (χ1n) is 4.81. The fraction of sp³-hybridized carbons (Fsp3) is 0.0909. The molecular formula is C11H9FN2O2S. The van der Waals surface area contributed by atoms with Crippen LogP contribution >= 0.6 is 11.3 Å². The van der Waals surface area contributed by atoms with Crippen LogP contribution in [0.15, 0.2) is 29.9 Å². The summed E-state index contributed by atoms with van der Waals surface area (Å²) in [5, 5.41) is 11.9. The van der Waals surface area contributed by atoms with Gasteiger partial charge in [-0.15, -0.1) is 11.3 Å². The quantitative estimate of drug-likeness (QED) is 0.877. The van der Waals surface area contributed by atoms with Gasteiger partial charge in [0.05, 0.1) is 12.1 Å². The molecule has 0 aliphatic rings. The van der Waals surface area contributed by atoms with E-state index in [1.165, 1.54) is 23.5 Å². The van der Waals surface area contributed by atoms with Crippen molar-refractivity contribution < 1.29 is 14.3 Å². The molecule has 0 bridgehead atoms. The number of aromatic hydroxyl groups is 1. The van der Waals surface area contributed by atoms with Gasteiger partial charge in [0.2, 0.25) is 0 Å². The van der Waals surface area contributed by atoms with Crippen molar-refractivity contribution in [2.24, 2.45) is 0 Å². The first-order valence-corrected chi connectivity index (χ1v) is 5.69. The number of nitrogens with zero attached hydrogens (tertiary/aromatic N) is 1. The highest BCUT2D eigenvalue weighted by Gasteiger charge is 2.15. The summed E-state index contributed by atoms with van der Waals surface area (Å²) in [5.74, 6) is -1.76. The maximum absolute atomic E-state index is 13.3. The Kier molecular flexibility index (Phi) is 3.34. The van der Waals surface area contributed by atoms with Crippen LogP contribution in [0.5, 0.6) is 5.75 Å². The molecule has 0 aliphatic carbocycles. The number of aromatic nitrogens is 1. The van der Waals surface area contributed by atoms with E-state index in [9.17, 15) is 14.3 Å². The summed E-state index contributed by atoms with van der Waals surface area (Å²) in [6, 6.07) is 3.73. The number of benzene rings is 1. The molecule has 1 amide bonds. The minimum absolute atomic E-state index is 0.261. The SMILES string of the molecule is O=C(NCc1cncs1)c1c(O)cccc1F. The largest absolute Gasteiger partial charge is 0.507 e. The van der Waals surface area contributed by atoms with Crippen molar-refractivity contribution in [1.82, 2.24) is 10.3 Å². The zero-order valence-corrected chi connectivity index (χ0v) is 9.50. The highest BCUT2D eigenvalue weighted by molar-refractivity contribution is 7.09. The average Bonchev–Trinajstić information content (AvgIpc) is 2.79. The zero-order chi connectivity index (χ0) is 12.3. The number of rotatable bonds is 3. The predicted octanol–water partition coefficient (Wildman–Crippen LogP) is 1.92. The molecule has 0 atom stereocenters. The van der Waals surface area contributed by atoms with E-state index in [0.29, 0.717) is 0 Å². The molecule has 17 heavy (non-hydrogen) atoms. The summed E-state index contributed by atoms with van der Waals surface area (Å²) in [7, 11) is 0. The molecule has 1 aromatic carbocycles. The molecular weight excluding hydrogens is 243 g/mol. The van der Waals surface area contributed by atoms with Gasteiger partial charge in [-0.3, -0.25) is 9.78 Å². The Morgan fingerprint density at radius 3 is 3.00 bits per heavy atom. The third-order valence-electron chi connectivity index (χ3n) is 2.13. The smallest absolute Gasteiger partial charge is 0.258 e. The lowest BCUT2D eigenvalue weighted by atomic mass is 10.1.